The normalized spacial score (nSPS) is 10.3. The Labute approximate surface area is 115 Å². The van der Waals surface area contributed by atoms with E-state index < -0.39 is 5.97 Å². The number of carbonyl (C=O) groups is 1. The topological polar surface area (TPSA) is 92.3 Å². The molecule has 0 saturated carbocycles. The minimum absolute atomic E-state index is 0.0325. The molecule has 2 aromatic rings. The van der Waals surface area contributed by atoms with E-state index in [2.05, 4.69) is 9.97 Å². The lowest BCUT2D eigenvalue weighted by Crippen LogP contribution is -2.11. The van der Waals surface area contributed by atoms with E-state index in [1.807, 2.05) is 6.92 Å². The number of carboxylic acids is 1. The summed E-state index contributed by atoms with van der Waals surface area (Å²) in [6, 6.07) is 5.97. The van der Waals surface area contributed by atoms with Gasteiger partial charge >= 0.3 is 5.97 Å². The van der Waals surface area contributed by atoms with Crippen LogP contribution in [-0.2, 0) is 6.42 Å². The standard InChI is InChI=1S/C14H14N2O4/c1-3-11-15-12(17)7-13(16-11)20-10-5-4-8(2)6-9(10)14(18)19/h4-7H,3H2,1-2H3,(H,18,19)(H,15,16,17). The van der Waals surface area contributed by atoms with Gasteiger partial charge in [-0.3, -0.25) is 4.79 Å². The number of H-pyrrole nitrogens is 1. The van der Waals surface area contributed by atoms with Crippen molar-refractivity contribution in [3.05, 3.63) is 51.6 Å². The van der Waals surface area contributed by atoms with E-state index in [-0.39, 0.29) is 22.8 Å². The van der Waals surface area contributed by atoms with Crippen molar-refractivity contribution < 1.29 is 14.6 Å². The first kappa shape index (κ1) is 13.8. The fourth-order valence-corrected chi connectivity index (χ4v) is 1.72. The molecule has 2 rings (SSSR count). The van der Waals surface area contributed by atoms with Crippen LogP contribution in [0.25, 0.3) is 0 Å². The highest BCUT2D eigenvalue weighted by Gasteiger charge is 2.13. The molecule has 0 aliphatic carbocycles. The second-order valence-electron chi connectivity index (χ2n) is 4.29. The van der Waals surface area contributed by atoms with Gasteiger partial charge in [0.2, 0.25) is 5.88 Å². The fourth-order valence-electron chi connectivity index (χ4n) is 1.72. The SMILES string of the molecule is CCc1nc(Oc2ccc(C)cc2C(=O)O)cc(=O)[nH]1. The van der Waals surface area contributed by atoms with Gasteiger partial charge in [0.25, 0.3) is 5.56 Å². The van der Waals surface area contributed by atoms with E-state index in [0.717, 1.165) is 5.56 Å². The van der Waals surface area contributed by atoms with Gasteiger partial charge in [0.15, 0.2) is 0 Å². The van der Waals surface area contributed by atoms with Crippen LogP contribution in [0.3, 0.4) is 0 Å². The first-order chi connectivity index (χ1) is 9.49. The summed E-state index contributed by atoms with van der Waals surface area (Å²) in [6.07, 6.45) is 0.548. The number of aryl methyl sites for hydroxylation is 2. The van der Waals surface area contributed by atoms with Gasteiger partial charge in [-0.25, -0.2) is 4.79 Å². The molecule has 0 saturated heterocycles. The molecular weight excluding hydrogens is 260 g/mol. The molecule has 0 atom stereocenters. The van der Waals surface area contributed by atoms with E-state index in [1.54, 1.807) is 19.1 Å². The molecular formula is C14H14N2O4. The van der Waals surface area contributed by atoms with Crippen LogP contribution in [0.5, 0.6) is 11.6 Å². The number of hydrogen-bond acceptors (Lipinski definition) is 4. The van der Waals surface area contributed by atoms with Crippen molar-refractivity contribution in [2.24, 2.45) is 0 Å². The summed E-state index contributed by atoms with van der Waals surface area (Å²) in [7, 11) is 0. The van der Waals surface area contributed by atoms with Crippen molar-refractivity contribution in [2.75, 3.05) is 0 Å². The molecule has 1 aromatic heterocycles. The summed E-state index contributed by atoms with van der Waals surface area (Å²) >= 11 is 0. The average Bonchev–Trinajstić information content (AvgIpc) is 2.40. The van der Waals surface area contributed by atoms with Crippen molar-refractivity contribution in [3.63, 3.8) is 0 Å². The molecule has 20 heavy (non-hydrogen) atoms. The molecule has 104 valence electrons. The molecule has 0 aliphatic heterocycles. The maximum Gasteiger partial charge on any atom is 0.339 e. The van der Waals surface area contributed by atoms with Crippen LogP contribution in [-0.4, -0.2) is 21.0 Å². The van der Waals surface area contributed by atoms with E-state index in [9.17, 15) is 9.59 Å². The minimum atomic E-state index is -1.09. The zero-order chi connectivity index (χ0) is 14.7. The Kier molecular flexibility index (Phi) is 3.84. The molecule has 6 nitrogen and oxygen atoms in total. The van der Waals surface area contributed by atoms with Crippen molar-refractivity contribution in [3.8, 4) is 11.6 Å². The van der Waals surface area contributed by atoms with Gasteiger partial charge in [-0.05, 0) is 19.1 Å². The molecule has 0 fully saturated rings. The lowest BCUT2D eigenvalue weighted by Gasteiger charge is -2.09. The zero-order valence-corrected chi connectivity index (χ0v) is 11.1. The Bertz CT molecular complexity index is 707. The average molecular weight is 274 g/mol. The zero-order valence-electron chi connectivity index (χ0n) is 11.1. The van der Waals surface area contributed by atoms with Crippen molar-refractivity contribution in [1.82, 2.24) is 9.97 Å². The number of benzene rings is 1. The van der Waals surface area contributed by atoms with Crippen LogP contribution in [0.4, 0.5) is 0 Å². The van der Waals surface area contributed by atoms with Crippen LogP contribution in [0.2, 0.25) is 0 Å². The van der Waals surface area contributed by atoms with E-state index in [1.165, 1.54) is 12.1 Å². The molecule has 0 amide bonds. The van der Waals surface area contributed by atoms with Crippen molar-refractivity contribution >= 4 is 5.97 Å². The van der Waals surface area contributed by atoms with E-state index in [0.29, 0.717) is 12.2 Å². The number of aromatic carboxylic acids is 1. The van der Waals surface area contributed by atoms with Crippen LogP contribution in [0.15, 0.2) is 29.1 Å². The second kappa shape index (κ2) is 5.56. The Morgan fingerprint density at radius 2 is 2.15 bits per heavy atom. The molecule has 0 bridgehead atoms. The van der Waals surface area contributed by atoms with Gasteiger partial charge in [0.1, 0.15) is 17.1 Å². The van der Waals surface area contributed by atoms with E-state index >= 15 is 0 Å². The number of aromatic nitrogens is 2. The Morgan fingerprint density at radius 1 is 1.40 bits per heavy atom. The molecule has 0 spiro atoms. The summed E-state index contributed by atoms with van der Waals surface area (Å²) in [6.45, 7) is 3.63. The second-order valence-corrected chi connectivity index (χ2v) is 4.29. The van der Waals surface area contributed by atoms with Gasteiger partial charge in [0.05, 0.1) is 6.07 Å². The van der Waals surface area contributed by atoms with Crippen LogP contribution in [0, 0.1) is 6.92 Å². The van der Waals surface area contributed by atoms with Crippen LogP contribution in [0.1, 0.15) is 28.7 Å². The smallest absolute Gasteiger partial charge is 0.339 e. The summed E-state index contributed by atoms with van der Waals surface area (Å²) in [5, 5.41) is 9.16. The van der Waals surface area contributed by atoms with Gasteiger partial charge in [-0.1, -0.05) is 18.6 Å². The molecule has 0 unspecified atom stereocenters. The molecule has 0 radical (unpaired) electrons. The van der Waals surface area contributed by atoms with Gasteiger partial charge in [-0.15, -0.1) is 0 Å². The molecule has 1 aromatic carbocycles. The Balaban J connectivity index is 2.42. The number of aromatic amines is 1. The summed E-state index contributed by atoms with van der Waals surface area (Å²) < 4.78 is 5.44. The van der Waals surface area contributed by atoms with Gasteiger partial charge < -0.3 is 14.8 Å². The quantitative estimate of drug-likeness (QED) is 0.891. The van der Waals surface area contributed by atoms with Crippen molar-refractivity contribution in [1.29, 1.82) is 0 Å². The number of hydrogen-bond donors (Lipinski definition) is 2. The predicted octanol–water partition coefficient (Wildman–Crippen LogP) is 2.13. The highest BCUT2D eigenvalue weighted by molar-refractivity contribution is 5.91. The lowest BCUT2D eigenvalue weighted by molar-refractivity contribution is 0.0694. The van der Waals surface area contributed by atoms with E-state index in [4.69, 9.17) is 9.84 Å². The fraction of sp³-hybridized carbons (Fsp3) is 0.214. The molecule has 6 heteroatoms. The summed E-state index contributed by atoms with van der Waals surface area (Å²) in [5.41, 5.74) is 0.504. The Hall–Kier alpha value is -2.63. The minimum Gasteiger partial charge on any atom is -0.478 e. The summed E-state index contributed by atoms with van der Waals surface area (Å²) in [5.74, 6) is -0.374. The largest absolute Gasteiger partial charge is 0.478 e. The maximum absolute atomic E-state index is 11.4. The molecule has 2 N–H and O–H groups in total. The van der Waals surface area contributed by atoms with Gasteiger partial charge in [0, 0.05) is 6.42 Å². The number of rotatable bonds is 4. The maximum atomic E-state index is 11.4. The van der Waals surface area contributed by atoms with Gasteiger partial charge in [-0.2, -0.15) is 4.98 Å². The predicted molar refractivity (Wildman–Crippen MR) is 72.4 cm³/mol. The molecule has 1 heterocycles. The first-order valence-corrected chi connectivity index (χ1v) is 6.11. The number of ether oxygens (including phenoxy) is 1. The number of nitrogens with one attached hydrogen (secondary N) is 1. The third kappa shape index (κ3) is 3.03. The van der Waals surface area contributed by atoms with Crippen LogP contribution >= 0.6 is 0 Å². The first-order valence-electron chi connectivity index (χ1n) is 6.11. The summed E-state index contributed by atoms with van der Waals surface area (Å²) in [4.78, 5) is 29.3. The number of nitrogens with zero attached hydrogens (tertiary/aromatic N) is 1. The highest BCUT2D eigenvalue weighted by Crippen LogP contribution is 2.24. The third-order valence-electron chi connectivity index (χ3n) is 2.68. The monoisotopic (exact) mass is 274 g/mol. The molecule has 0 aliphatic rings. The van der Waals surface area contributed by atoms with Crippen molar-refractivity contribution in [2.45, 2.75) is 20.3 Å². The highest BCUT2D eigenvalue weighted by atomic mass is 16.5. The Morgan fingerprint density at radius 3 is 2.80 bits per heavy atom. The van der Waals surface area contributed by atoms with Crippen LogP contribution < -0.4 is 10.3 Å². The third-order valence-corrected chi connectivity index (χ3v) is 2.68. The number of carboxylic acid groups (broad SMARTS) is 1. The lowest BCUT2D eigenvalue weighted by atomic mass is 10.1.